The van der Waals surface area contributed by atoms with Crippen LogP contribution in [-0.2, 0) is 6.54 Å². The van der Waals surface area contributed by atoms with E-state index in [4.69, 9.17) is 16.3 Å². The summed E-state index contributed by atoms with van der Waals surface area (Å²) in [5.41, 5.74) is 1.21. The van der Waals surface area contributed by atoms with Gasteiger partial charge in [0.1, 0.15) is 11.9 Å². The van der Waals surface area contributed by atoms with Crippen LogP contribution in [0.5, 0.6) is 5.75 Å². The van der Waals surface area contributed by atoms with E-state index in [0.717, 1.165) is 23.2 Å². The summed E-state index contributed by atoms with van der Waals surface area (Å²) in [7, 11) is 0. The SMILES string of the molecule is Clc1ccc(C2CNCc3ccccc3O2)s1. The Morgan fingerprint density at radius 2 is 2.12 bits per heavy atom. The Kier molecular flexibility index (Phi) is 3.05. The molecular formula is C13H12ClNOS. The Morgan fingerprint density at radius 1 is 1.24 bits per heavy atom. The first-order valence-electron chi connectivity index (χ1n) is 5.53. The van der Waals surface area contributed by atoms with Crippen LogP contribution in [0.15, 0.2) is 36.4 Å². The van der Waals surface area contributed by atoms with Gasteiger partial charge in [0.15, 0.2) is 0 Å². The number of fused-ring (bicyclic) bond motifs is 1. The molecule has 17 heavy (non-hydrogen) atoms. The van der Waals surface area contributed by atoms with Gasteiger partial charge in [0, 0.05) is 23.5 Å². The minimum Gasteiger partial charge on any atom is -0.483 e. The molecule has 1 aromatic carbocycles. The number of rotatable bonds is 1. The normalized spacial score (nSPS) is 19.2. The number of halogens is 1. The van der Waals surface area contributed by atoms with Gasteiger partial charge in [-0.15, -0.1) is 11.3 Å². The highest BCUT2D eigenvalue weighted by molar-refractivity contribution is 7.16. The van der Waals surface area contributed by atoms with E-state index in [1.54, 1.807) is 11.3 Å². The lowest BCUT2D eigenvalue weighted by Crippen LogP contribution is -2.20. The zero-order valence-electron chi connectivity index (χ0n) is 9.15. The molecule has 0 saturated carbocycles. The van der Waals surface area contributed by atoms with Crippen molar-refractivity contribution < 1.29 is 4.74 Å². The zero-order valence-corrected chi connectivity index (χ0v) is 10.7. The number of nitrogens with one attached hydrogen (secondary N) is 1. The van der Waals surface area contributed by atoms with Crippen molar-refractivity contribution in [3.05, 3.63) is 51.2 Å². The summed E-state index contributed by atoms with van der Waals surface area (Å²) in [6.45, 7) is 1.66. The Bertz CT molecular complexity index is 526. The van der Waals surface area contributed by atoms with Crippen LogP contribution in [0, 0.1) is 0 Å². The van der Waals surface area contributed by atoms with Crippen LogP contribution in [0.25, 0.3) is 0 Å². The topological polar surface area (TPSA) is 21.3 Å². The Morgan fingerprint density at radius 3 is 2.94 bits per heavy atom. The maximum absolute atomic E-state index is 6.05. The zero-order chi connectivity index (χ0) is 11.7. The Hall–Kier alpha value is -1.03. The molecule has 1 aromatic heterocycles. The molecule has 1 aliphatic rings. The average Bonchev–Trinajstić information content (AvgIpc) is 2.65. The van der Waals surface area contributed by atoms with Gasteiger partial charge in [-0.2, -0.15) is 0 Å². The summed E-state index contributed by atoms with van der Waals surface area (Å²) < 4.78 is 6.85. The molecule has 2 aromatic rings. The summed E-state index contributed by atoms with van der Waals surface area (Å²) in [5, 5.41) is 3.40. The molecule has 1 N–H and O–H groups in total. The molecule has 2 heterocycles. The highest BCUT2D eigenvalue weighted by Crippen LogP contribution is 2.32. The lowest BCUT2D eigenvalue weighted by atomic mass is 10.2. The van der Waals surface area contributed by atoms with Crippen LogP contribution >= 0.6 is 22.9 Å². The molecule has 0 radical (unpaired) electrons. The van der Waals surface area contributed by atoms with E-state index in [-0.39, 0.29) is 6.10 Å². The minimum atomic E-state index is 0.0520. The molecule has 2 nitrogen and oxygen atoms in total. The second-order valence-electron chi connectivity index (χ2n) is 3.99. The van der Waals surface area contributed by atoms with Gasteiger partial charge in [0.05, 0.1) is 4.34 Å². The number of hydrogen-bond donors (Lipinski definition) is 1. The van der Waals surface area contributed by atoms with E-state index in [0.29, 0.717) is 0 Å². The van der Waals surface area contributed by atoms with E-state index < -0.39 is 0 Å². The Labute approximate surface area is 109 Å². The van der Waals surface area contributed by atoms with E-state index in [2.05, 4.69) is 11.4 Å². The van der Waals surface area contributed by atoms with Crippen molar-refractivity contribution >= 4 is 22.9 Å². The number of hydrogen-bond acceptors (Lipinski definition) is 3. The number of para-hydroxylation sites is 1. The van der Waals surface area contributed by atoms with Crippen molar-refractivity contribution in [2.24, 2.45) is 0 Å². The highest BCUT2D eigenvalue weighted by atomic mass is 35.5. The van der Waals surface area contributed by atoms with Crippen molar-refractivity contribution in [2.75, 3.05) is 6.54 Å². The first-order valence-corrected chi connectivity index (χ1v) is 6.73. The molecule has 1 aliphatic heterocycles. The third-order valence-electron chi connectivity index (χ3n) is 2.80. The molecule has 0 spiro atoms. The second-order valence-corrected chi connectivity index (χ2v) is 5.73. The Balaban J connectivity index is 1.90. The molecule has 1 unspecified atom stereocenters. The maximum atomic E-state index is 6.05. The van der Waals surface area contributed by atoms with Gasteiger partial charge < -0.3 is 10.1 Å². The first-order chi connectivity index (χ1) is 8.33. The largest absolute Gasteiger partial charge is 0.483 e. The van der Waals surface area contributed by atoms with Gasteiger partial charge in [0.2, 0.25) is 0 Å². The quantitative estimate of drug-likeness (QED) is 0.850. The third-order valence-corrected chi connectivity index (χ3v) is 4.12. The van der Waals surface area contributed by atoms with E-state index in [1.807, 2.05) is 30.3 Å². The van der Waals surface area contributed by atoms with Gasteiger partial charge >= 0.3 is 0 Å². The monoisotopic (exact) mass is 265 g/mol. The molecule has 0 saturated heterocycles. The van der Waals surface area contributed by atoms with Crippen molar-refractivity contribution in [1.82, 2.24) is 5.32 Å². The maximum Gasteiger partial charge on any atom is 0.145 e. The van der Waals surface area contributed by atoms with Gasteiger partial charge in [0.25, 0.3) is 0 Å². The predicted octanol–water partition coefficient (Wildman–Crippen LogP) is 3.62. The molecule has 4 heteroatoms. The van der Waals surface area contributed by atoms with Crippen LogP contribution in [0.4, 0.5) is 0 Å². The van der Waals surface area contributed by atoms with Crippen LogP contribution in [0.3, 0.4) is 0 Å². The molecule has 0 fully saturated rings. The van der Waals surface area contributed by atoms with E-state index in [9.17, 15) is 0 Å². The summed E-state index contributed by atoms with van der Waals surface area (Å²) in [4.78, 5) is 1.17. The van der Waals surface area contributed by atoms with Crippen LogP contribution in [0.1, 0.15) is 16.5 Å². The van der Waals surface area contributed by atoms with Crippen molar-refractivity contribution in [1.29, 1.82) is 0 Å². The van der Waals surface area contributed by atoms with Crippen molar-refractivity contribution in [3.63, 3.8) is 0 Å². The lowest BCUT2D eigenvalue weighted by Gasteiger charge is -2.15. The molecule has 0 aliphatic carbocycles. The molecule has 0 amide bonds. The first kappa shape index (κ1) is 11.1. The summed E-state index contributed by atoms with van der Waals surface area (Å²) >= 11 is 7.54. The second kappa shape index (κ2) is 4.69. The smallest absolute Gasteiger partial charge is 0.145 e. The molecule has 0 bridgehead atoms. The number of thiophene rings is 1. The fourth-order valence-electron chi connectivity index (χ4n) is 1.96. The molecule has 3 rings (SSSR count). The highest BCUT2D eigenvalue weighted by Gasteiger charge is 2.19. The molecular weight excluding hydrogens is 254 g/mol. The van der Waals surface area contributed by atoms with Gasteiger partial charge in [-0.25, -0.2) is 0 Å². The summed E-state index contributed by atoms with van der Waals surface area (Å²) in [5.74, 6) is 0.965. The standard InChI is InChI=1S/C13H12ClNOS/c14-13-6-5-12(17-13)11-8-15-7-9-3-1-2-4-10(9)16-11/h1-6,11,15H,7-8H2. The van der Waals surface area contributed by atoms with Crippen molar-refractivity contribution in [3.8, 4) is 5.75 Å². The minimum absolute atomic E-state index is 0.0520. The van der Waals surface area contributed by atoms with Gasteiger partial charge in [-0.1, -0.05) is 29.8 Å². The third kappa shape index (κ3) is 2.32. The number of ether oxygens (including phenoxy) is 1. The van der Waals surface area contributed by atoms with Crippen LogP contribution < -0.4 is 10.1 Å². The summed E-state index contributed by atoms with van der Waals surface area (Å²) in [6, 6.07) is 12.1. The van der Waals surface area contributed by atoms with Crippen LogP contribution in [0.2, 0.25) is 4.34 Å². The van der Waals surface area contributed by atoms with Crippen molar-refractivity contribution in [2.45, 2.75) is 12.6 Å². The van der Waals surface area contributed by atoms with Crippen LogP contribution in [-0.4, -0.2) is 6.54 Å². The fraction of sp³-hybridized carbons (Fsp3) is 0.231. The summed E-state index contributed by atoms with van der Waals surface area (Å²) in [6.07, 6.45) is 0.0520. The predicted molar refractivity (Wildman–Crippen MR) is 70.8 cm³/mol. The van der Waals surface area contributed by atoms with Gasteiger partial charge in [-0.05, 0) is 18.2 Å². The van der Waals surface area contributed by atoms with E-state index in [1.165, 1.54) is 10.4 Å². The van der Waals surface area contributed by atoms with Gasteiger partial charge in [-0.3, -0.25) is 0 Å². The molecule has 88 valence electrons. The molecule has 1 atom stereocenters. The number of benzene rings is 1. The lowest BCUT2D eigenvalue weighted by molar-refractivity contribution is 0.214. The van der Waals surface area contributed by atoms with E-state index >= 15 is 0 Å². The fourth-order valence-corrected chi connectivity index (χ4v) is 3.05. The average molecular weight is 266 g/mol.